The molecule has 8 heteroatoms. The molecule has 0 aliphatic heterocycles. The number of thioether (sulfide) groups is 1. The van der Waals surface area contributed by atoms with E-state index in [0.717, 1.165) is 15.7 Å². The highest BCUT2D eigenvalue weighted by Crippen LogP contribution is 2.38. The highest BCUT2D eigenvalue weighted by atomic mass is 79.9. The van der Waals surface area contributed by atoms with Gasteiger partial charge in [0.1, 0.15) is 10.6 Å². The van der Waals surface area contributed by atoms with Gasteiger partial charge in [-0.2, -0.15) is 0 Å². The molecule has 0 radical (unpaired) electrons. The Balaban J connectivity index is 2.04. The zero-order valence-electron chi connectivity index (χ0n) is 18.1. The molecule has 0 bridgehead atoms. The van der Waals surface area contributed by atoms with Crippen LogP contribution in [0.2, 0.25) is 0 Å². The lowest BCUT2D eigenvalue weighted by Gasteiger charge is -2.24. The van der Waals surface area contributed by atoms with Crippen molar-refractivity contribution in [1.29, 1.82) is 0 Å². The molecule has 0 spiro atoms. The molecule has 0 aliphatic carbocycles. The zero-order chi connectivity index (χ0) is 22.9. The molecule has 2 aromatic carbocycles. The number of carbonyl (C=O) groups is 2. The van der Waals surface area contributed by atoms with E-state index in [-0.39, 0.29) is 5.91 Å². The van der Waals surface area contributed by atoms with Gasteiger partial charge in [-0.1, -0.05) is 55.9 Å². The van der Waals surface area contributed by atoms with Gasteiger partial charge in [0.05, 0.1) is 16.6 Å². The minimum atomic E-state index is -1.07. The molecule has 164 valence electrons. The molecule has 31 heavy (non-hydrogen) atoms. The number of halogens is 1. The summed E-state index contributed by atoms with van der Waals surface area (Å²) in [7, 11) is 0. The van der Waals surface area contributed by atoms with Crippen molar-refractivity contribution in [3.63, 3.8) is 0 Å². The van der Waals surface area contributed by atoms with Crippen LogP contribution >= 0.6 is 27.7 Å². The van der Waals surface area contributed by atoms with Crippen LogP contribution < -0.4 is 5.32 Å². The van der Waals surface area contributed by atoms with E-state index in [1.807, 2.05) is 16.7 Å². The Morgan fingerprint density at radius 3 is 2.39 bits per heavy atom. The fourth-order valence-electron chi connectivity index (χ4n) is 3.32. The van der Waals surface area contributed by atoms with E-state index in [9.17, 15) is 9.59 Å². The minimum Gasteiger partial charge on any atom is -0.480 e. The van der Waals surface area contributed by atoms with Crippen molar-refractivity contribution in [3.05, 3.63) is 52.8 Å². The fraction of sp³-hybridized carbons (Fsp3) is 0.348. The molecule has 0 saturated heterocycles. The maximum absolute atomic E-state index is 12.7. The Morgan fingerprint density at radius 1 is 1.13 bits per heavy atom. The van der Waals surface area contributed by atoms with Crippen molar-refractivity contribution in [3.8, 4) is 5.69 Å². The number of aliphatic carboxylic acids is 1. The molecule has 1 heterocycles. The third-order valence-electron chi connectivity index (χ3n) is 5.10. The van der Waals surface area contributed by atoms with Crippen LogP contribution in [0.3, 0.4) is 0 Å². The first-order chi connectivity index (χ1) is 14.5. The summed E-state index contributed by atoms with van der Waals surface area (Å²) >= 11 is 4.89. The number of carbonyl (C=O) groups excluding carboxylic acids is 1. The molecule has 1 aromatic heterocycles. The second-order valence-electron chi connectivity index (χ2n) is 8.22. The molecule has 1 atom stereocenters. The summed E-state index contributed by atoms with van der Waals surface area (Å²) in [5, 5.41) is 14.6. The fourth-order valence-corrected chi connectivity index (χ4v) is 4.90. The van der Waals surface area contributed by atoms with Gasteiger partial charge in [-0.25, -0.2) is 4.98 Å². The smallest absolute Gasteiger partial charge is 0.325 e. The minimum absolute atomic E-state index is 0.363. The predicted molar refractivity (Wildman–Crippen MR) is 128 cm³/mol. The number of nitrogens with zero attached hydrogens (tertiary/aromatic N) is 2. The van der Waals surface area contributed by atoms with Crippen molar-refractivity contribution in [2.45, 2.75) is 56.5 Å². The summed E-state index contributed by atoms with van der Waals surface area (Å²) < 4.78 is 1.82. The first kappa shape index (κ1) is 23.3. The molecular weight excluding hydrogens is 478 g/mol. The Morgan fingerprint density at radius 2 is 1.77 bits per heavy atom. The SMILES string of the molecule is CC(NC(=O)C(C)(C)Sc1ncc(Br)n1-c1ccc(C(C)C)c2ccccc12)C(=O)O. The van der Waals surface area contributed by atoms with E-state index in [0.29, 0.717) is 11.1 Å². The van der Waals surface area contributed by atoms with E-state index >= 15 is 0 Å². The molecule has 6 nitrogen and oxygen atoms in total. The Bertz CT molecular complexity index is 1140. The molecule has 1 amide bonds. The second-order valence-corrected chi connectivity index (χ2v) is 10.6. The van der Waals surface area contributed by atoms with Crippen LogP contribution in [0.1, 0.15) is 46.1 Å². The van der Waals surface area contributed by atoms with Crippen molar-refractivity contribution in [1.82, 2.24) is 14.9 Å². The summed E-state index contributed by atoms with van der Waals surface area (Å²) in [6.07, 6.45) is 1.71. The number of carboxylic acid groups (broad SMARTS) is 1. The van der Waals surface area contributed by atoms with Crippen molar-refractivity contribution in [2.75, 3.05) is 0 Å². The maximum atomic E-state index is 12.7. The lowest BCUT2D eigenvalue weighted by atomic mass is 9.95. The zero-order valence-corrected chi connectivity index (χ0v) is 20.5. The number of nitrogens with one attached hydrogen (secondary N) is 1. The van der Waals surface area contributed by atoms with Crippen LogP contribution in [0.25, 0.3) is 16.5 Å². The van der Waals surface area contributed by atoms with E-state index in [2.05, 4.69) is 64.3 Å². The first-order valence-corrected chi connectivity index (χ1v) is 11.6. The van der Waals surface area contributed by atoms with Gasteiger partial charge in [0, 0.05) is 5.39 Å². The van der Waals surface area contributed by atoms with Gasteiger partial charge in [0.15, 0.2) is 5.16 Å². The van der Waals surface area contributed by atoms with E-state index < -0.39 is 16.8 Å². The molecular formula is C23H26BrN3O3S. The normalized spacial score (nSPS) is 12.9. The molecule has 3 rings (SSSR count). The van der Waals surface area contributed by atoms with Crippen molar-refractivity contribution < 1.29 is 14.7 Å². The third-order valence-corrected chi connectivity index (χ3v) is 6.82. The van der Waals surface area contributed by atoms with Gasteiger partial charge >= 0.3 is 5.97 Å². The number of benzene rings is 2. The number of amides is 1. The average molecular weight is 504 g/mol. The highest BCUT2D eigenvalue weighted by Gasteiger charge is 2.33. The largest absolute Gasteiger partial charge is 0.480 e. The Kier molecular flexibility index (Phi) is 6.81. The number of hydrogen-bond acceptors (Lipinski definition) is 4. The van der Waals surface area contributed by atoms with Gasteiger partial charge in [0.25, 0.3) is 0 Å². The van der Waals surface area contributed by atoms with E-state index in [1.54, 1.807) is 20.0 Å². The lowest BCUT2D eigenvalue weighted by Crippen LogP contribution is -2.47. The van der Waals surface area contributed by atoms with Crippen LogP contribution in [0.15, 0.2) is 52.4 Å². The molecule has 0 fully saturated rings. The standard InChI is InChI=1S/C23H26BrN3O3S/c1-13(2)15-10-11-18(17-9-7-6-8-16(15)17)27-19(24)12-25-22(27)31-23(4,5)21(30)26-14(3)20(28)29/h6-14H,1-5H3,(H,26,30)(H,28,29). The highest BCUT2D eigenvalue weighted by molar-refractivity contribution is 9.10. The Labute approximate surface area is 194 Å². The quantitative estimate of drug-likeness (QED) is 0.423. The summed E-state index contributed by atoms with van der Waals surface area (Å²) in [5.74, 6) is -1.05. The number of imidazole rings is 1. The summed E-state index contributed by atoms with van der Waals surface area (Å²) in [6, 6.07) is 11.5. The number of carboxylic acids is 1. The average Bonchev–Trinajstić information content (AvgIpc) is 3.05. The van der Waals surface area contributed by atoms with E-state index in [1.165, 1.54) is 29.6 Å². The van der Waals surface area contributed by atoms with Crippen LogP contribution in [0.4, 0.5) is 0 Å². The molecule has 0 aliphatic rings. The monoisotopic (exact) mass is 503 g/mol. The van der Waals surface area contributed by atoms with E-state index in [4.69, 9.17) is 5.11 Å². The summed E-state index contributed by atoms with van der Waals surface area (Å²) in [6.45, 7) is 9.31. The summed E-state index contributed by atoms with van der Waals surface area (Å²) in [5.41, 5.74) is 2.23. The van der Waals surface area contributed by atoms with Gasteiger partial charge in [-0.05, 0) is 59.6 Å². The first-order valence-electron chi connectivity index (χ1n) is 10.0. The number of aromatic nitrogens is 2. The van der Waals surface area contributed by atoms with Crippen LogP contribution in [-0.4, -0.2) is 37.3 Å². The number of fused-ring (bicyclic) bond motifs is 1. The number of rotatable bonds is 7. The Hall–Kier alpha value is -2.32. The topological polar surface area (TPSA) is 84.2 Å². The molecule has 2 N–H and O–H groups in total. The third kappa shape index (κ3) is 4.80. The van der Waals surface area contributed by atoms with Gasteiger partial charge in [-0.15, -0.1) is 0 Å². The van der Waals surface area contributed by atoms with Gasteiger partial charge in [-0.3, -0.25) is 14.2 Å². The van der Waals surface area contributed by atoms with Crippen LogP contribution in [0, 0.1) is 0 Å². The molecule has 1 unspecified atom stereocenters. The summed E-state index contributed by atoms with van der Waals surface area (Å²) in [4.78, 5) is 28.4. The van der Waals surface area contributed by atoms with Gasteiger partial charge < -0.3 is 10.4 Å². The second kappa shape index (κ2) is 9.04. The van der Waals surface area contributed by atoms with Crippen LogP contribution in [0.5, 0.6) is 0 Å². The van der Waals surface area contributed by atoms with Crippen molar-refractivity contribution in [2.24, 2.45) is 0 Å². The molecule has 0 saturated carbocycles. The molecule has 3 aromatic rings. The lowest BCUT2D eigenvalue weighted by molar-refractivity contribution is -0.141. The number of hydrogen-bond donors (Lipinski definition) is 2. The maximum Gasteiger partial charge on any atom is 0.325 e. The van der Waals surface area contributed by atoms with Crippen molar-refractivity contribution >= 4 is 50.3 Å². The van der Waals surface area contributed by atoms with Crippen LogP contribution in [-0.2, 0) is 9.59 Å². The predicted octanol–water partition coefficient (Wildman–Crippen LogP) is 5.37. The van der Waals surface area contributed by atoms with Gasteiger partial charge in [0.2, 0.25) is 5.91 Å².